The summed E-state index contributed by atoms with van der Waals surface area (Å²) < 4.78 is 1.50. The van der Waals surface area contributed by atoms with Gasteiger partial charge in [0, 0.05) is 12.1 Å². The van der Waals surface area contributed by atoms with Crippen LogP contribution in [0.5, 0.6) is 0 Å². The molecule has 0 unspecified atom stereocenters. The molecule has 1 aromatic rings. The molecule has 3 nitrogen and oxygen atoms in total. The molecule has 0 aliphatic rings. The number of aldehydes is 1. The fraction of sp³-hybridized carbons (Fsp3) is 0.200. The van der Waals surface area contributed by atoms with Crippen molar-refractivity contribution in [3.63, 3.8) is 0 Å². The number of carbonyl (C=O) groups excluding carboxylic acids is 1. The number of nitrogens with zero attached hydrogens (tertiary/aromatic N) is 1. The molecule has 0 spiro atoms. The molecular weight excluding hydrogens is 166 g/mol. The first-order chi connectivity index (χ1) is 6.31. The molecule has 0 saturated carbocycles. The number of hydrogen-bond acceptors (Lipinski definition) is 2. The van der Waals surface area contributed by atoms with Gasteiger partial charge < -0.3 is 5.11 Å². The summed E-state index contributed by atoms with van der Waals surface area (Å²) in [5.74, 6) is 0. The largest absolute Gasteiger partial charge is 0.873 e. The molecule has 68 valence electrons. The van der Waals surface area contributed by atoms with Crippen molar-refractivity contribution in [1.82, 2.24) is 0 Å². The molecule has 0 aromatic carbocycles. The molecule has 1 heterocycles. The van der Waals surface area contributed by atoms with E-state index in [-0.39, 0.29) is 5.70 Å². The van der Waals surface area contributed by atoms with Crippen LogP contribution in [-0.4, -0.2) is 6.29 Å². The first-order valence-corrected chi connectivity index (χ1v) is 4.09. The Morgan fingerprint density at radius 3 is 2.54 bits per heavy atom. The Morgan fingerprint density at radius 1 is 1.54 bits per heavy atom. The number of allylic oxidation sites excluding steroid dienone is 1. The van der Waals surface area contributed by atoms with Crippen LogP contribution in [-0.2, 0) is 11.2 Å². The van der Waals surface area contributed by atoms with Gasteiger partial charge in [0.15, 0.2) is 12.4 Å². The van der Waals surface area contributed by atoms with Gasteiger partial charge in [0.25, 0.3) is 0 Å². The van der Waals surface area contributed by atoms with Crippen molar-refractivity contribution in [3.8, 4) is 0 Å². The zero-order valence-electron chi connectivity index (χ0n) is 7.43. The lowest BCUT2D eigenvalue weighted by Gasteiger charge is -1.97. The monoisotopic (exact) mass is 177 g/mol. The molecule has 0 atom stereocenters. The van der Waals surface area contributed by atoms with Crippen molar-refractivity contribution in [1.29, 1.82) is 0 Å². The Morgan fingerprint density at radius 2 is 2.15 bits per heavy atom. The van der Waals surface area contributed by atoms with Crippen LogP contribution in [0.4, 0.5) is 0 Å². The second-order valence-electron chi connectivity index (χ2n) is 2.63. The van der Waals surface area contributed by atoms with Crippen LogP contribution in [0.3, 0.4) is 0 Å². The Bertz CT molecular complexity index is 314. The van der Waals surface area contributed by atoms with Crippen LogP contribution >= 0.6 is 0 Å². The van der Waals surface area contributed by atoms with E-state index in [9.17, 15) is 9.90 Å². The lowest BCUT2D eigenvalue weighted by molar-refractivity contribution is -0.580. The van der Waals surface area contributed by atoms with Crippen LogP contribution in [0.15, 0.2) is 30.8 Å². The van der Waals surface area contributed by atoms with Crippen molar-refractivity contribution in [2.45, 2.75) is 13.3 Å². The summed E-state index contributed by atoms with van der Waals surface area (Å²) in [4.78, 5) is 10.4. The van der Waals surface area contributed by atoms with E-state index in [0.29, 0.717) is 12.5 Å². The van der Waals surface area contributed by atoms with Gasteiger partial charge in [0.2, 0.25) is 12.0 Å². The van der Waals surface area contributed by atoms with Gasteiger partial charge in [-0.05, 0) is 12.0 Å². The van der Waals surface area contributed by atoms with E-state index in [4.69, 9.17) is 0 Å². The van der Waals surface area contributed by atoms with Crippen LogP contribution in [0, 0.1) is 0 Å². The minimum Gasteiger partial charge on any atom is -0.873 e. The Kier molecular flexibility index (Phi) is 3.20. The molecule has 0 bridgehead atoms. The quantitative estimate of drug-likeness (QED) is 0.280. The molecule has 0 amide bonds. The fourth-order valence-electron chi connectivity index (χ4n) is 1.01. The van der Waals surface area contributed by atoms with Crippen LogP contribution < -0.4 is 9.67 Å². The topological polar surface area (TPSA) is 44.0 Å². The summed E-state index contributed by atoms with van der Waals surface area (Å²) in [6.45, 7) is 2.05. The number of aryl methyl sites for hydroxylation is 1. The predicted molar refractivity (Wildman–Crippen MR) is 46.4 cm³/mol. The highest BCUT2D eigenvalue weighted by Crippen LogP contribution is 1.96. The van der Waals surface area contributed by atoms with E-state index in [1.54, 1.807) is 12.4 Å². The highest BCUT2D eigenvalue weighted by atomic mass is 16.2. The molecule has 3 heteroatoms. The van der Waals surface area contributed by atoms with E-state index in [0.717, 1.165) is 6.42 Å². The number of rotatable bonds is 3. The molecule has 1 rings (SSSR count). The smallest absolute Gasteiger partial charge is 0.235 e. The summed E-state index contributed by atoms with van der Waals surface area (Å²) in [6, 6.07) is 3.76. The van der Waals surface area contributed by atoms with Crippen LogP contribution in [0.2, 0.25) is 0 Å². The van der Waals surface area contributed by atoms with Gasteiger partial charge >= 0.3 is 0 Å². The third kappa shape index (κ3) is 2.15. The maximum absolute atomic E-state index is 10.4. The Balaban J connectivity index is 2.97. The second-order valence-corrected chi connectivity index (χ2v) is 2.63. The zero-order chi connectivity index (χ0) is 9.68. The highest BCUT2D eigenvalue weighted by molar-refractivity contribution is 5.92. The standard InChI is InChI=1S/C10H11NO2/c1-2-9-3-5-11(6-4-9)10(7-12)8-13/h3-8H,2H2,1H3. The van der Waals surface area contributed by atoms with Crippen molar-refractivity contribution in [2.75, 3.05) is 0 Å². The van der Waals surface area contributed by atoms with Gasteiger partial charge in [-0.15, -0.1) is 0 Å². The average molecular weight is 177 g/mol. The van der Waals surface area contributed by atoms with Gasteiger partial charge in [-0.3, -0.25) is 4.79 Å². The minimum atomic E-state index is 0.114. The molecule has 1 aromatic heterocycles. The van der Waals surface area contributed by atoms with E-state index in [1.165, 1.54) is 10.1 Å². The van der Waals surface area contributed by atoms with Gasteiger partial charge in [-0.1, -0.05) is 13.2 Å². The molecule has 0 N–H and O–H groups in total. The summed E-state index contributed by atoms with van der Waals surface area (Å²) in [5.41, 5.74) is 1.29. The molecule has 0 radical (unpaired) electrons. The molecular formula is C10H11NO2. The number of pyridine rings is 1. The molecule has 0 aliphatic carbocycles. The van der Waals surface area contributed by atoms with Crippen molar-refractivity contribution in [2.24, 2.45) is 0 Å². The third-order valence-corrected chi connectivity index (χ3v) is 1.85. The van der Waals surface area contributed by atoms with Gasteiger partial charge in [0.05, 0.1) is 0 Å². The first-order valence-electron chi connectivity index (χ1n) is 4.09. The number of carbonyl (C=O) groups is 1. The average Bonchev–Trinajstić information content (AvgIpc) is 2.21. The summed E-state index contributed by atoms with van der Waals surface area (Å²) >= 11 is 0. The number of aromatic nitrogens is 1. The summed E-state index contributed by atoms with van der Waals surface area (Å²) in [6.07, 6.45) is 5.43. The SMILES string of the molecule is CCc1cc[n+](/C(C=O)=C/[O-])cc1. The fourth-order valence-corrected chi connectivity index (χ4v) is 1.01. The summed E-state index contributed by atoms with van der Waals surface area (Å²) in [5, 5.41) is 10.4. The maximum Gasteiger partial charge on any atom is 0.235 e. The second kappa shape index (κ2) is 4.40. The molecule has 13 heavy (non-hydrogen) atoms. The van der Waals surface area contributed by atoms with E-state index >= 15 is 0 Å². The van der Waals surface area contributed by atoms with Crippen LogP contribution in [0.1, 0.15) is 12.5 Å². The lowest BCUT2D eigenvalue weighted by Crippen LogP contribution is -2.33. The van der Waals surface area contributed by atoms with Crippen LogP contribution in [0.25, 0.3) is 5.70 Å². The zero-order valence-corrected chi connectivity index (χ0v) is 7.43. The van der Waals surface area contributed by atoms with Gasteiger partial charge in [-0.25, -0.2) is 0 Å². The first kappa shape index (κ1) is 9.45. The lowest BCUT2D eigenvalue weighted by atomic mass is 10.2. The third-order valence-electron chi connectivity index (χ3n) is 1.85. The maximum atomic E-state index is 10.4. The van der Waals surface area contributed by atoms with E-state index in [2.05, 4.69) is 0 Å². The van der Waals surface area contributed by atoms with Gasteiger partial charge in [0.1, 0.15) is 0 Å². The Labute approximate surface area is 77.0 Å². The molecule has 0 saturated heterocycles. The highest BCUT2D eigenvalue weighted by Gasteiger charge is 2.04. The van der Waals surface area contributed by atoms with Crippen molar-refractivity contribution in [3.05, 3.63) is 36.4 Å². The normalized spacial score (nSPS) is 11.3. The number of hydrogen-bond donors (Lipinski definition) is 0. The van der Waals surface area contributed by atoms with Gasteiger partial charge in [-0.2, -0.15) is 4.57 Å². The minimum absolute atomic E-state index is 0.114. The predicted octanol–water partition coefficient (Wildman–Crippen LogP) is -0.106. The molecule has 0 fully saturated rings. The Hall–Kier alpha value is -1.64. The van der Waals surface area contributed by atoms with Crippen molar-refractivity contribution < 1.29 is 14.5 Å². The van der Waals surface area contributed by atoms with Crippen molar-refractivity contribution >= 4 is 12.0 Å². The van der Waals surface area contributed by atoms with E-state index in [1.807, 2.05) is 19.1 Å². The molecule has 0 aliphatic heterocycles. The summed E-state index contributed by atoms with van der Waals surface area (Å²) in [7, 11) is 0. The van der Waals surface area contributed by atoms with E-state index < -0.39 is 0 Å².